The second-order valence-electron chi connectivity index (χ2n) is 4.21. The number of carbonyl (C=O) groups is 2. The van der Waals surface area contributed by atoms with Crippen LogP contribution in [-0.4, -0.2) is 25.0 Å². The molecule has 1 aromatic rings. The van der Waals surface area contributed by atoms with Crippen molar-refractivity contribution in [2.75, 3.05) is 18.1 Å². The van der Waals surface area contributed by atoms with Crippen LogP contribution < -0.4 is 4.90 Å². The van der Waals surface area contributed by atoms with Crippen LogP contribution >= 0.6 is 0 Å². The van der Waals surface area contributed by atoms with Gasteiger partial charge in [0.2, 0.25) is 5.91 Å². The monoisotopic (exact) mass is 247 g/mol. The highest BCUT2D eigenvalue weighted by molar-refractivity contribution is 6.01. The molecule has 1 aliphatic heterocycles. The Balaban J connectivity index is 2.41. The number of esters is 1. The van der Waals surface area contributed by atoms with E-state index in [1.54, 1.807) is 11.8 Å². The summed E-state index contributed by atoms with van der Waals surface area (Å²) in [5, 5.41) is 0. The van der Waals surface area contributed by atoms with Gasteiger partial charge >= 0.3 is 5.97 Å². The Kier molecular flexibility index (Phi) is 3.65. The first-order chi connectivity index (χ1) is 8.69. The molecule has 1 amide bonds. The number of nitrogens with zero attached hydrogens (tertiary/aromatic N) is 1. The standard InChI is InChI=1S/C14H17NO3/c1-3-15-12-8-6-5-7-10(12)11(9-13(15)16)14(17)18-4-2/h5-8,11H,3-4,9H2,1-2H3. The zero-order chi connectivity index (χ0) is 13.1. The van der Waals surface area contributed by atoms with Crippen LogP contribution in [-0.2, 0) is 14.3 Å². The minimum atomic E-state index is -0.462. The predicted octanol–water partition coefficient (Wildman–Crippen LogP) is 2.09. The van der Waals surface area contributed by atoms with Crippen molar-refractivity contribution in [2.45, 2.75) is 26.2 Å². The largest absolute Gasteiger partial charge is 0.466 e. The van der Waals surface area contributed by atoms with Gasteiger partial charge in [-0.1, -0.05) is 18.2 Å². The number of para-hydroxylation sites is 1. The van der Waals surface area contributed by atoms with E-state index in [0.29, 0.717) is 13.2 Å². The Morgan fingerprint density at radius 2 is 2.11 bits per heavy atom. The number of rotatable bonds is 3. The summed E-state index contributed by atoms with van der Waals surface area (Å²) in [6.45, 7) is 4.65. The summed E-state index contributed by atoms with van der Waals surface area (Å²) in [5.41, 5.74) is 1.71. The number of carbonyl (C=O) groups excluding carboxylic acids is 2. The van der Waals surface area contributed by atoms with Crippen molar-refractivity contribution >= 4 is 17.6 Å². The van der Waals surface area contributed by atoms with Gasteiger partial charge in [0.1, 0.15) is 0 Å². The lowest BCUT2D eigenvalue weighted by atomic mass is 9.89. The molecular weight excluding hydrogens is 230 g/mol. The molecule has 1 unspecified atom stereocenters. The molecule has 0 saturated carbocycles. The summed E-state index contributed by atoms with van der Waals surface area (Å²) in [7, 11) is 0. The molecule has 0 fully saturated rings. The fraction of sp³-hybridized carbons (Fsp3) is 0.429. The lowest BCUT2D eigenvalue weighted by Crippen LogP contribution is -2.38. The molecule has 2 rings (SSSR count). The fourth-order valence-electron chi connectivity index (χ4n) is 2.36. The highest BCUT2D eigenvalue weighted by Crippen LogP contribution is 2.36. The zero-order valence-electron chi connectivity index (χ0n) is 10.7. The zero-order valence-corrected chi connectivity index (χ0v) is 10.7. The van der Waals surface area contributed by atoms with Crippen LogP contribution in [0.1, 0.15) is 31.7 Å². The van der Waals surface area contributed by atoms with Gasteiger partial charge < -0.3 is 9.64 Å². The van der Waals surface area contributed by atoms with Crippen molar-refractivity contribution in [3.05, 3.63) is 29.8 Å². The molecule has 4 heteroatoms. The Hall–Kier alpha value is -1.84. The maximum atomic E-state index is 12.0. The number of hydrogen-bond donors (Lipinski definition) is 0. The topological polar surface area (TPSA) is 46.6 Å². The number of fused-ring (bicyclic) bond motifs is 1. The number of hydrogen-bond acceptors (Lipinski definition) is 3. The molecule has 0 spiro atoms. The van der Waals surface area contributed by atoms with E-state index in [-0.39, 0.29) is 18.3 Å². The summed E-state index contributed by atoms with van der Waals surface area (Å²) in [6.07, 6.45) is 0.198. The maximum Gasteiger partial charge on any atom is 0.314 e. The van der Waals surface area contributed by atoms with Crippen LogP contribution in [0.25, 0.3) is 0 Å². The quantitative estimate of drug-likeness (QED) is 0.768. The average Bonchev–Trinajstić information content (AvgIpc) is 2.38. The molecule has 1 atom stereocenters. The Morgan fingerprint density at radius 1 is 1.39 bits per heavy atom. The van der Waals surface area contributed by atoms with Crippen molar-refractivity contribution in [1.29, 1.82) is 0 Å². The SMILES string of the molecule is CCOC(=O)C1CC(=O)N(CC)c2ccccc21. The summed E-state index contributed by atoms with van der Waals surface area (Å²) in [4.78, 5) is 25.6. The highest BCUT2D eigenvalue weighted by Gasteiger charge is 2.35. The minimum Gasteiger partial charge on any atom is -0.466 e. The van der Waals surface area contributed by atoms with Crippen molar-refractivity contribution in [3.8, 4) is 0 Å². The van der Waals surface area contributed by atoms with Gasteiger partial charge in [0.05, 0.1) is 12.5 Å². The fourth-order valence-corrected chi connectivity index (χ4v) is 2.36. The molecule has 1 aromatic carbocycles. The van der Waals surface area contributed by atoms with Crippen LogP contribution in [0.15, 0.2) is 24.3 Å². The summed E-state index contributed by atoms with van der Waals surface area (Å²) < 4.78 is 5.05. The van der Waals surface area contributed by atoms with Crippen LogP contribution in [0.3, 0.4) is 0 Å². The molecule has 0 bridgehead atoms. The predicted molar refractivity (Wildman–Crippen MR) is 68.5 cm³/mol. The van der Waals surface area contributed by atoms with Gasteiger partial charge in [-0.3, -0.25) is 9.59 Å². The van der Waals surface area contributed by atoms with Gasteiger partial charge in [-0.25, -0.2) is 0 Å². The lowest BCUT2D eigenvalue weighted by Gasteiger charge is -2.32. The first kappa shape index (κ1) is 12.6. The Morgan fingerprint density at radius 3 is 2.78 bits per heavy atom. The second kappa shape index (κ2) is 5.21. The van der Waals surface area contributed by atoms with E-state index in [1.165, 1.54) is 0 Å². The number of benzene rings is 1. The molecular formula is C14H17NO3. The van der Waals surface area contributed by atoms with E-state index in [4.69, 9.17) is 4.74 Å². The van der Waals surface area contributed by atoms with Gasteiger partial charge in [0.15, 0.2) is 0 Å². The normalized spacial score (nSPS) is 18.4. The average molecular weight is 247 g/mol. The van der Waals surface area contributed by atoms with Gasteiger partial charge in [0.25, 0.3) is 0 Å². The third-order valence-corrected chi connectivity index (χ3v) is 3.17. The van der Waals surface area contributed by atoms with Crippen LogP contribution in [0.5, 0.6) is 0 Å². The molecule has 0 N–H and O–H groups in total. The molecule has 0 aromatic heterocycles. The molecule has 0 radical (unpaired) electrons. The Bertz CT molecular complexity index is 470. The van der Waals surface area contributed by atoms with Gasteiger partial charge in [-0.05, 0) is 25.5 Å². The molecule has 0 saturated heterocycles. The number of amides is 1. The highest BCUT2D eigenvalue weighted by atomic mass is 16.5. The number of ether oxygens (including phenoxy) is 1. The molecule has 1 heterocycles. The second-order valence-corrected chi connectivity index (χ2v) is 4.21. The van der Waals surface area contributed by atoms with Crippen LogP contribution in [0.2, 0.25) is 0 Å². The van der Waals surface area contributed by atoms with Crippen LogP contribution in [0, 0.1) is 0 Å². The molecule has 96 valence electrons. The third kappa shape index (κ3) is 2.10. The van der Waals surface area contributed by atoms with E-state index >= 15 is 0 Å². The summed E-state index contributed by atoms with van der Waals surface area (Å²) >= 11 is 0. The molecule has 18 heavy (non-hydrogen) atoms. The van der Waals surface area contributed by atoms with E-state index < -0.39 is 5.92 Å². The van der Waals surface area contributed by atoms with E-state index in [2.05, 4.69) is 0 Å². The third-order valence-electron chi connectivity index (χ3n) is 3.17. The van der Waals surface area contributed by atoms with Gasteiger partial charge in [-0.15, -0.1) is 0 Å². The van der Waals surface area contributed by atoms with Crippen molar-refractivity contribution in [1.82, 2.24) is 0 Å². The van der Waals surface area contributed by atoms with Gasteiger partial charge in [0, 0.05) is 18.7 Å². The maximum absolute atomic E-state index is 12.0. The van der Waals surface area contributed by atoms with Gasteiger partial charge in [-0.2, -0.15) is 0 Å². The van der Waals surface area contributed by atoms with E-state index in [1.807, 2.05) is 31.2 Å². The van der Waals surface area contributed by atoms with E-state index in [0.717, 1.165) is 11.3 Å². The Labute approximate surface area is 107 Å². The lowest BCUT2D eigenvalue weighted by molar-refractivity contribution is -0.146. The molecule has 0 aliphatic carbocycles. The number of anilines is 1. The smallest absolute Gasteiger partial charge is 0.314 e. The van der Waals surface area contributed by atoms with Crippen molar-refractivity contribution in [3.63, 3.8) is 0 Å². The van der Waals surface area contributed by atoms with Crippen molar-refractivity contribution in [2.24, 2.45) is 0 Å². The first-order valence-electron chi connectivity index (χ1n) is 6.25. The summed E-state index contributed by atoms with van der Waals surface area (Å²) in [5.74, 6) is -0.792. The van der Waals surface area contributed by atoms with Crippen LogP contribution in [0.4, 0.5) is 5.69 Å². The van der Waals surface area contributed by atoms with Crippen molar-refractivity contribution < 1.29 is 14.3 Å². The molecule has 4 nitrogen and oxygen atoms in total. The molecule has 1 aliphatic rings. The summed E-state index contributed by atoms with van der Waals surface area (Å²) in [6, 6.07) is 7.53. The van der Waals surface area contributed by atoms with E-state index in [9.17, 15) is 9.59 Å². The first-order valence-corrected chi connectivity index (χ1v) is 6.25. The minimum absolute atomic E-state index is 0.0192.